The minimum atomic E-state index is -1.15. The van der Waals surface area contributed by atoms with Crippen molar-refractivity contribution >= 4 is 43.0 Å². The van der Waals surface area contributed by atoms with E-state index in [0.29, 0.717) is 5.75 Å². The summed E-state index contributed by atoms with van der Waals surface area (Å²) in [5.41, 5.74) is 4.83. The highest BCUT2D eigenvalue weighted by molar-refractivity contribution is 7.81. The Kier molecular flexibility index (Phi) is 8.76. The fourth-order valence-electron chi connectivity index (χ4n) is 1.26. The quantitative estimate of drug-likeness (QED) is 0.314. The van der Waals surface area contributed by atoms with Crippen molar-refractivity contribution in [1.82, 2.24) is 10.6 Å². The first-order chi connectivity index (χ1) is 9.59. The lowest BCUT2D eigenvalue weighted by molar-refractivity contribution is -0.138. The summed E-state index contributed by atoms with van der Waals surface area (Å²) in [4.78, 5) is 33.8. The van der Waals surface area contributed by atoms with Gasteiger partial charge in [0, 0.05) is 24.3 Å². The van der Waals surface area contributed by atoms with Gasteiger partial charge < -0.3 is 21.5 Å². The molecule has 2 amide bonds. The first kappa shape index (κ1) is 20.1. The van der Waals surface area contributed by atoms with Gasteiger partial charge in [-0.15, -0.1) is 0 Å². The van der Waals surface area contributed by atoms with Crippen molar-refractivity contribution in [3.05, 3.63) is 0 Å². The Morgan fingerprint density at radius 2 is 1.90 bits per heavy atom. The van der Waals surface area contributed by atoms with Crippen molar-refractivity contribution in [2.75, 3.05) is 12.3 Å². The largest absolute Gasteiger partial charge is 0.480 e. The molecule has 0 bridgehead atoms. The second-order valence-electron chi connectivity index (χ2n) is 5.33. The summed E-state index contributed by atoms with van der Waals surface area (Å²) in [5, 5.41) is 13.2. The molecule has 9 heteroatoms. The molecule has 0 radical (unpaired) electrons. The molecule has 0 heterocycles. The molecule has 2 atom stereocenters. The summed E-state index contributed by atoms with van der Waals surface area (Å²) in [5.74, 6) is -1.35. The summed E-state index contributed by atoms with van der Waals surface area (Å²) in [7, 11) is 0. The molecule has 0 saturated carbocycles. The van der Waals surface area contributed by atoms with E-state index in [1.165, 1.54) is 0 Å². The molecule has 0 spiro atoms. The van der Waals surface area contributed by atoms with Crippen molar-refractivity contribution in [2.24, 2.45) is 5.73 Å². The molecule has 0 aromatic rings. The molecule has 0 aliphatic heterocycles. The van der Waals surface area contributed by atoms with Gasteiger partial charge in [-0.3, -0.25) is 14.4 Å². The number of amides is 2. The second kappa shape index (κ2) is 9.16. The van der Waals surface area contributed by atoms with Crippen LogP contribution in [-0.4, -0.2) is 52.0 Å². The molecule has 0 aromatic carbocycles. The Labute approximate surface area is 135 Å². The van der Waals surface area contributed by atoms with Crippen LogP contribution >= 0.6 is 25.3 Å². The van der Waals surface area contributed by atoms with E-state index in [4.69, 9.17) is 10.8 Å². The van der Waals surface area contributed by atoms with Crippen molar-refractivity contribution < 1.29 is 19.5 Å². The Morgan fingerprint density at radius 3 is 2.38 bits per heavy atom. The molecule has 2 unspecified atom stereocenters. The topological polar surface area (TPSA) is 122 Å². The lowest BCUT2D eigenvalue weighted by Gasteiger charge is -2.25. The Balaban J connectivity index is 4.07. The Morgan fingerprint density at radius 1 is 1.33 bits per heavy atom. The van der Waals surface area contributed by atoms with Crippen LogP contribution in [0.4, 0.5) is 0 Å². The summed E-state index contributed by atoms with van der Waals surface area (Å²) in [6.07, 6.45) is 0.0228. The van der Waals surface area contributed by atoms with Crippen LogP contribution in [0.1, 0.15) is 26.7 Å². The molecule has 0 aliphatic rings. The maximum atomic E-state index is 11.8. The Hall–Kier alpha value is -0.930. The number of hydrogen-bond acceptors (Lipinski definition) is 6. The molecule has 0 aliphatic carbocycles. The van der Waals surface area contributed by atoms with E-state index in [-0.39, 0.29) is 31.2 Å². The zero-order chi connectivity index (χ0) is 16.6. The highest BCUT2D eigenvalue weighted by Gasteiger charge is 2.23. The van der Waals surface area contributed by atoms with E-state index in [0.717, 1.165) is 0 Å². The summed E-state index contributed by atoms with van der Waals surface area (Å²) in [6.45, 7) is 3.70. The molecular weight excluding hydrogens is 314 g/mol. The van der Waals surface area contributed by atoms with Gasteiger partial charge >= 0.3 is 5.97 Å². The van der Waals surface area contributed by atoms with Crippen molar-refractivity contribution in [1.29, 1.82) is 0 Å². The fourth-order valence-corrected chi connectivity index (χ4v) is 1.49. The summed E-state index contributed by atoms with van der Waals surface area (Å²) < 4.78 is 0. The maximum absolute atomic E-state index is 11.8. The lowest BCUT2D eigenvalue weighted by atomic mass is 10.1. The molecular formula is C12H23N3O4S2. The number of hydrogen-bond donors (Lipinski definition) is 6. The molecule has 0 rings (SSSR count). The van der Waals surface area contributed by atoms with Crippen LogP contribution in [0, 0.1) is 0 Å². The van der Waals surface area contributed by atoms with E-state index in [1.807, 2.05) is 13.8 Å². The smallest absolute Gasteiger partial charge is 0.320 e. The van der Waals surface area contributed by atoms with E-state index < -0.39 is 22.8 Å². The van der Waals surface area contributed by atoms with Crippen molar-refractivity contribution in [2.45, 2.75) is 43.5 Å². The van der Waals surface area contributed by atoms with Crippen molar-refractivity contribution in [3.8, 4) is 0 Å². The standard InChI is InChI=1S/C12H23N3O4S2/c1-12(2,6-20)15-10(17)8(21)5-14-9(16)4-3-7(13)11(18)19/h7-8,20-21H,3-6,13H2,1-2H3,(H,14,16)(H,15,17)(H,18,19). The van der Waals surface area contributed by atoms with Crippen LogP contribution in [-0.2, 0) is 14.4 Å². The zero-order valence-corrected chi connectivity index (χ0v) is 13.9. The van der Waals surface area contributed by atoms with E-state index in [9.17, 15) is 14.4 Å². The molecule has 122 valence electrons. The average Bonchev–Trinajstić information content (AvgIpc) is 2.41. The second-order valence-corrected chi connectivity index (χ2v) is 6.27. The lowest BCUT2D eigenvalue weighted by Crippen LogP contribution is -2.50. The van der Waals surface area contributed by atoms with E-state index >= 15 is 0 Å². The van der Waals surface area contributed by atoms with Gasteiger partial charge in [-0.05, 0) is 20.3 Å². The molecule has 7 nitrogen and oxygen atoms in total. The number of carboxylic acids is 1. The third kappa shape index (κ3) is 8.84. The predicted molar refractivity (Wildman–Crippen MR) is 86.7 cm³/mol. The number of rotatable bonds is 9. The molecule has 0 saturated heterocycles. The van der Waals surface area contributed by atoms with Gasteiger partial charge in [0.2, 0.25) is 11.8 Å². The number of carbonyl (C=O) groups is 3. The third-order valence-electron chi connectivity index (χ3n) is 2.65. The van der Waals surface area contributed by atoms with Crippen LogP contribution in [0.15, 0.2) is 0 Å². The molecule has 5 N–H and O–H groups in total. The highest BCUT2D eigenvalue weighted by atomic mass is 32.1. The van der Waals surface area contributed by atoms with Gasteiger partial charge in [-0.25, -0.2) is 0 Å². The highest BCUT2D eigenvalue weighted by Crippen LogP contribution is 2.06. The molecule has 0 aromatic heterocycles. The van der Waals surface area contributed by atoms with Gasteiger partial charge in [-0.2, -0.15) is 25.3 Å². The maximum Gasteiger partial charge on any atom is 0.320 e. The summed E-state index contributed by atoms with van der Waals surface area (Å²) >= 11 is 8.24. The normalized spacial score (nSPS) is 14.1. The monoisotopic (exact) mass is 337 g/mol. The number of nitrogens with two attached hydrogens (primary N) is 1. The number of thiol groups is 2. The van der Waals surface area contributed by atoms with Crippen LogP contribution < -0.4 is 16.4 Å². The van der Waals surface area contributed by atoms with Gasteiger partial charge in [0.1, 0.15) is 6.04 Å². The SMILES string of the molecule is CC(C)(CS)NC(=O)C(S)CNC(=O)CCC(N)C(=O)O. The van der Waals surface area contributed by atoms with Gasteiger partial charge in [0.15, 0.2) is 0 Å². The van der Waals surface area contributed by atoms with Crippen LogP contribution in [0.5, 0.6) is 0 Å². The first-order valence-corrected chi connectivity index (χ1v) is 7.60. The number of carboxylic acid groups (broad SMARTS) is 1. The minimum Gasteiger partial charge on any atom is -0.480 e. The minimum absolute atomic E-state index is 0.0162. The zero-order valence-electron chi connectivity index (χ0n) is 12.1. The third-order valence-corrected chi connectivity index (χ3v) is 3.86. The summed E-state index contributed by atoms with van der Waals surface area (Å²) in [6, 6.07) is -1.07. The predicted octanol–water partition coefficient (Wildman–Crippen LogP) is -0.582. The number of nitrogens with one attached hydrogen (secondary N) is 2. The van der Waals surface area contributed by atoms with Crippen LogP contribution in [0.2, 0.25) is 0 Å². The first-order valence-electron chi connectivity index (χ1n) is 6.45. The van der Waals surface area contributed by atoms with E-state index in [2.05, 4.69) is 35.9 Å². The Bertz CT molecular complexity index is 391. The molecule has 0 fully saturated rings. The van der Waals surface area contributed by atoms with Gasteiger partial charge in [0.05, 0.1) is 5.25 Å². The molecule has 21 heavy (non-hydrogen) atoms. The average molecular weight is 337 g/mol. The van der Waals surface area contributed by atoms with Gasteiger partial charge in [-0.1, -0.05) is 0 Å². The van der Waals surface area contributed by atoms with Crippen molar-refractivity contribution in [3.63, 3.8) is 0 Å². The van der Waals surface area contributed by atoms with Gasteiger partial charge in [0.25, 0.3) is 0 Å². The number of aliphatic carboxylic acids is 1. The fraction of sp³-hybridized carbons (Fsp3) is 0.750. The van der Waals surface area contributed by atoms with E-state index in [1.54, 1.807) is 0 Å². The number of carbonyl (C=O) groups excluding carboxylic acids is 2. The van der Waals surface area contributed by atoms with Crippen LogP contribution in [0.25, 0.3) is 0 Å². The van der Waals surface area contributed by atoms with Crippen LogP contribution in [0.3, 0.4) is 0 Å².